The number of rotatable bonds is 16. The van der Waals surface area contributed by atoms with Crippen molar-refractivity contribution in [3.8, 4) is 5.75 Å². The van der Waals surface area contributed by atoms with E-state index in [0.29, 0.717) is 31.4 Å². The van der Waals surface area contributed by atoms with Gasteiger partial charge in [-0.1, -0.05) is 32.4 Å². The van der Waals surface area contributed by atoms with Crippen molar-refractivity contribution in [3.05, 3.63) is 29.8 Å². The molecule has 0 aliphatic carbocycles. The van der Waals surface area contributed by atoms with Crippen LogP contribution in [0.2, 0.25) is 0 Å². The maximum Gasteiger partial charge on any atom is 0.326 e. The van der Waals surface area contributed by atoms with Gasteiger partial charge in [0.2, 0.25) is 17.7 Å². The summed E-state index contributed by atoms with van der Waals surface area (Å²) in [5.41, 5.74) is 11.9. The number of aliphatic carboxylic acids is 1. The quantitative estimate of drug-likeness (QED) is 0.129. The Morgan fingerprint density at radius 1 is 0.919 bits per heavy atom. The van der Waals surface area contributed by atoms with Gasteiger partial charge in [-0.15, -0.1) is 0 Å². The van der Waals surface area contributed by atoms with E-state index in [9.17, 15) is 34.5 Å². The fourth-order valence-electron chi connectivity index (χ4n) is 3.53. The molecule has 1 aromatic rings. The van der Waals surface area contributed by atoms with Gasteiger partial charge in [0.05, 0.1) is 6.10 Å². The van der Waals surface area contributed by atoms with Gasteiger partial charge in [-0.2, -0.15) is 0 Å². The third-order valence-corrected chi connectivity index (χ3v) is 6.19. The number of nitrogens with one attached hydrogen (secondary N) is 3. The lowest BCUT2D eigenvalue weighted by molar-refractivity contribution is -0.144. The van der Waals surface area contributed by atoms with Crippen molar-refractivity contribution < 1.29 is 34.5 Å². The van der Waals surface area contributed by atoms with Gasteiger partial charge in [-0.3, -0.25) is 14.4 Å². The summed E-state index contributed by atoms with van der Waals surface area (Å²) in [7, 11) is 0. The fraction of sp³-hybridized carbons (Fsp3) is 0.600. The first-order chi connectivity index (χ1) is 17.4. The van der Waals surface area contributed by atoms with Crippen molar-refractivity contribution in [2.75, 3.05) is 6.54 Å². The molecule has 0 saturated carbocycles. The highest BCUT2D eigenvalue weighted by atomic mass is 16.4. The van der Waals surface area contributed by atoms with Crippen molar-refractivity contribution in [1.82, 2.24) is 16.0 Å². The second-order valence-electron chi connectivity index (χ2n) is 9.25. The van der Waals surface area contributed by atoms with E-state index in [4.69, 9.17) is 11.5 Å². The van der Waals surface area contributed by atoms with Gasteiger partial charge in [-0.05, 0) is 56.3 Å². The Hall–Kier alpha value is -3.22. The van der Waals surface area contributed by atoms with Crippen LogP contribution >= 0.6 is 0 Å². The number of phenols is 1. The van der Waals surface area contributed by atoms with Crippen LogP contribution in [0.5, 0.6) is 5.75 Å². The molecule has 10 N–H and O–H groups in total. The average molecular weight is 524 g/mol. The number of carboxylic acids is 1. The Bertz CT molecular complexity index is 894. The SMILES string of the molecule is CCC(C)C(NC(=O)C(CCCCN)NC(=O)C(Cc1ccc(O)cc1)NC(=O)C(N)C(C)O)C(=O)O. The Morgan fingerprint density at radius 2 is 1.49 bits per heavy atom. The zero-order valence-corrected chi connectivity index (χ0v) is 21.6. The van der Waals surface area contributed by atoms with Crippen molar-refractivity contribution in [2.45, 2.75) is 83.1 Å². The number of carbonyl (C=O) groups excluding carboxylic acids is 3. The molecular formula is C25H41N5O7. The number of amides is 3. The normalized spacial score (nSPS) is 15.9. The number of phenolic OH excluding ortho intramolecular Hbond substituents is 1. The number of hydrogen-bond acceptors (Lipinski definition) is 8. The zero-order valence-electron chi connectivity index (χ0n) is 21.6. The van der Waals surface area contributed by atoms with Crippen LogP contribution in [-0.4, -0.2) is 75.8 Å². The standard InChI is InChI=1S/C25H41N5O7/c1-4-14(2)21(25(36)37)30-22(33)18(7-5-6-12-26)28-23(34)19(29-24(35)20(27)15(3)31)13-16-8-10-17(32)11-9-16/h8-11,14-15,18-21,31-32H,4-7,12-13,26-27H2,1-3H3,(H,28,34)(H,29,35)(H,30,33)(H,36,37). The summed E-state index contributed by atoms with van der Waals surface area (Å²) in [6.45, 7) is 5.23. The van der Waals surface area contributed by atoms with Gasteiger partial charge in [0.15, 0.2) is 0 Å². The Kier molecular flexibility index (Phi) is 13.6. The number of nitrogens with two attached hydrogens (primary N) is 2. The molecule has 12 nitrogen and oxygen atoms in total. The van der Waals surface area contributed by atoms with E-state index in [1.807, 2.05) is 6.92 Å². The minimum atomic E-state index is -1.29. The molecule has 0 bridgehead atoms. The average Bonchev–Trinajstić information content (AvgIpc) is 2.85. The molecule has 6 atom stereocenters. The van der Waals surface area contributed by atoms with Gasteiger partial charge >= 0.3 is 5.97 Å². The van der Waals surface area contributed by atoms with Gasteiger partial charge in [0.25, 0.3) is 0 Å². The van der Waals surface area contributed by atoms with Gasteiger partial charge in [0.1, 0.15) is 29.9 Å². The molecular weight excluding hydrogens is 482 g/mol. The number of carboxylic acid groups (broad SMARTS) is 1. The van der Waals surface area contributed by atoms with Gasteiger partial charge in [-0.25, -0.2) is 4.79 Å². The second kappa shape index (κ2) is 15.8. The Balaban J connectivity index is 3.16. The van der Waals surface area contributed by atoms with Crippen molar-refractivity contribution in [1.29, 1.82) is 0 Å². The van der Waals surface area contributed by atoms with Gasteiger partial charge < -0.3 is 42.7 Å². The van der Waals surface area contributed by atoms with E-state index < -0.39 is 54.0 Å². The van der Waals surface area contributed by atoms with E-state index >= 15 is 0 Å². The minimum absolute atomic E-state index is 0.00609. The van der Waals surface area contributed by atoms with E-state index in [0.717, 1.165) is 0 Å². The number of unbranched alkanes of at least 4 members (excludes halogenated alkanes) is 1. The maximum absolute atomic E-state index is 13.3. The lowest BCUT2D eigenvalue weighted by Crippen LogP contribution is -2.59. The first kappa shape index (κ1) is 31.8. The molecule has 0 aliphatic rings. The topological polar surface area (TPSA) is 217 Å². The smallest absolute Gasteiger partial charge is 0.326 e. The van der Waals surface area contributed by atoms with E-state index in [1.165, 1.54) is 19.1 Å². The lowest BCUT2D eigenvalue weighted by atomic mass is 9.98. The summed E-state index contributed by atoms with van der Waals surface area (Å²) in [4.78, 5) is 50.6. The summed E-state index contributed by atoms with van der Waals surface area (Å²) in [6.07, 6.45) is 0.648. The summed E-state index contributed by atoms with van der Waals surface area (Å²) < 4.78 is 0. The molecule has 208 valence electrons. The van der Waals surface area contributed by atoms with Crippen LogP contribution in [0, 0.1) is 5.92 Å². The third kappa shape index (κ3) is 10.7. The van der Waals surface area contributed by atoms with Crippen LogP contribution < -0.4 is 27.4 Å². The number of aromatic hydroxyl groups is 1. The molecule has 0 fully saturated rings. The van der Waals surface area contributed by atoms with Crippen LogP contribution in [-0.2, 0) is 25.6 Å². The molecule has 0 spiro atoms. The summed E-state index contributed by atoms with van der Waals surface area (Å²) in [5.74, 6) is -3.61. The molecule has 0 aromatic heterocycles. The Labute approximate surface area is 217 Å². The zero-order chi connectivity index (χ0) is 28.1. The third-order valence-electron chi connectivity index (χ3n) is 6.19. The minimum Gasteiger partial charge on any atom is -0.508 e. The molecule has 1 aromatic carbocycles. The van der Waals surface area contributed by atoms with Gasteiger partial charge in [0, 0.05) is 6.42 Å². The van der Waals surface area contributed by atoms with E-state index in [-0.39, 0.29) is 24.5 Å². The van der Waals surface area contributed by atoms with Crippen LogP contribution in [0.3, 0.4) is 0 Å². The largest absolute Gasteiger partial charge is 0.508 e. The molecule has 6 unspecified atom stereocenters. The Morgan fingerprint density at radius 3 is 2.00 bits per heavy atom. The number of carbonyl (C=O) groups is 4. The van der Waals surface area contributed by atoms with Crippen molar-refractivity contribution in [2.24, 2.45) is 17.4 Å². The van der Waals surface area contributed by atoms with Crippen LogP contribution in [0.25, 0.3) is 0 Å². The summed E-state index contributed by atoms with van der Waals surface area (Å²) in [5, 5.41) is 36.4. The second-order valence-corrected chi connectivity index (χ2v) is 9.25. The predicted molar refractivity (Wildman–Crippen MR) is 137 cm³/mol. The van der Waals surface area contributed by atoms with Crippen molar-refractivity contribution >= 4 is 23.7 Å². The summed E-state index contributed by atoms with van der Waals surface area (Å²) >= 11 is 0. The molecule has 0 saturated heterocycles. The molecule has 0 aliphatic heterocycles. The summed E-state index contributed by atoms with van der Waals surface area (Å²) in [6, 6.07) is 1.34. The molecule has 37 heavy (non-hydrogen) atoms. The molecule has 12 heteroatoms. The molecule has 0 radical (unpaired) electrons. The van der Waals surface area contributed by atoms with Crippen LogP contribution in [0.1, 0.15) is 52.0 Å². The molecule has 0 heterocycles. The van der Waals surface area contributed by atoms with Crippen LogP contribution in [0.4, 0.5) is 0 Å². The number of hydrogen-bond donors (Lipinski definition) is 8. The molecule has 3 amide bonds. The monoisotopic (exact) mass is 523 g/mol. The maximum atomic E-state index is 13.3. The molecule has 1 rings (SSSR count). The van der Waals surface area contributed by atoms with E-state index in [2.05, 4.69) is 16.0 Å². The first-order valence-electron chi connectivity index (χ1n) is 12.5. The highest BCUT2D eigenvalue weighted by Gasteiger charge is 2.32. The van der Waals surface area contributed by atoms with Crippen molar-refractivity contribution in [3.63, 3.8) is 0 Å². The highest BCUT2D eigenvalue weighted by Crippen LogP contribution is 2.13. The fourth-order valence-corrected chi connectivity index (χ4v) is 3.53. The van der Waals surface area contributed by atoms with E-state index in [1.54, 1.807) is 19.1 Å². The predicted octanol–water partition coefficient (Wildman–Crippen LogP) is -0.643. The van der Waals surface area contributed by atoms with Crippen LogP contribution in [0.15, 0.2) is 24.3 Å². The highest BCUT2D eigenvalue weighted by molar-refractivity contribution is 5.94. The first-order valence-corrected chi connectivity index (χ1v) is 12.5. The number of aliphatic hydroxyl groups is 1. The number of benzene rings is 1. The number of aliphatic hydroxyl groups excluding tert-OH is 1. The lowest BCUT2D eigenvalue weighted by Gasteiger charge is -2.27.